The van der Waals surface area contributed by atoms with Crippen molar-refractivity contribution >= 4 is 11.9 Å². The third kappa shape index (κ3) is 53.0. The predicted molar refractivity (Wildman–Crippen MR) is 292 cm³/mol. The molecular weight excluding hydrogens is 827 g/mol. The second kappa shape index (κ2) is 56.4. The number of carbonyl (C=O) groups excluding carboxylic acids is 2. The van der Waals surface area contributed by atoms with Crippen molar-refractivity contribution in [2.24, 2.45) is 0 Å². The van der Waals surface area contributed by atoms with Crippen molar-refractivity contribution in [1.29, 1.82) is 0 Å². The van der Waals surface area contributed by atoms with Crippen LogP contribution in [0.5, 0.6) is 0 Å². The highest BCUT2D eigenvalue weighted by Gasteiger charge is 2.18. The first kappa shape index (κ1) is 64.8. The Kier molecular flexibility index (Phi) is 54.6. The first-order valence-corrected chi connectivity index (χ1v) is 29.4. The van der Waals surface area contributed by atoms with Crippen LogP contribution in [0, 0.1) is 0 Å². The predicted octanol–water partition coefficient (Wildman–Crippen LogP) is 18.2. The molecule has 67 heavy (non-hydrogen) atoms. The zero-order valence-electron chi connectivity index (χ0n) is 44.6. The van der Waals surface area contributed by atoms with Gasteiger partial charge in [0, 0.05) is 12.8 Å². The quantitative estimate of drug-likeness (QED) is 0.0321. The molecule has 0 radical (unpaired) electrons. The van der Waals surface area contributed by atoms with E-state index in [9.17, 15) is 19.8 Å². The van der Waals surface area contributed by atoms with Gasteiger partial charge in [-0.05, 0) is 89.9 Å². The topological polar surface area (TPSA) is 95.9 Å². The van der Waals surface area contributed by atoms with E-state index in [0.717, 1.165) is 57.8 Å². The lowest BCUT2D eigenvalue weighted by molar-refractivity contribution is -0.143. The van der Waals surface area contributed by atoms with Crippen LogP contribution in [0.3, 0.4) is 0 Å². The van der Waals surface area contributed by atoms with Gasteiger partial charge in [-0.3, -0.25) is 9.59 Å². The Morgan fingerprint density at radius 2 is 0.746 bits per heavy atom. The fourth-order valence-corrected chi connectivity index (χ4v) is 8.78. The Morgan fingerprint density at radius 1 is 0.418 bits per heavy atom. The molecule has 0 saturated heterocycles. The van der Waals surface area contributed by atoms with E-state index in [0.29, 0.717) is 19.4 Å². The summed E-state index contributed by atoms with van der Waals surface area (Å²) >= 11 is 0. The van der Waals surface area contributed by atoms with Gasteiger partial charge in [0.2, 0.25) is 5.91 Å². The molecule has 2 atom stereocenters. The summed E-state index contributed by atoms with van der Waals surface area (Å²) in [6.45, 7) is 4.86. The molecular formula is C61H113NO5. The number of rotatable bonds is 54. The third-order valence-electron chi connectivity index (χ3n) is 13.3. The number of carbonyl (C=O) groups is 2. The number of amides is 1. The highest BCUT2D eigenvalue weighted by Crippen LogP contribution is 2.16. The van der Waals surface area contributed by atoms with Gasteiger partial charge < -0.3 is 20.3 Å². The third-order valence-corrected chi connectivity index (χ3v) is 13.3. The first-order chi connectivity index (χ1) is 33.0. The average molecular weight is 941 g/mol. The lowest BCUT2D eigenvalue weighted by atomic mass is 10.0. The maximum Gasteiger partial charge on any atom is 0.305 e. The van der Waals surface area contributed by atoms with E-state index >= 15 is 0 Å². The van der Waals surface area contributed by atoms with E-state index in [1.165, 1.54) is 218 Å². The van der Waals surface area contributed by atoms with Gasteiger partial charge >= 0.3 is 5.97 Å². The highest BCUT2D eigenvalue weighted by atomic mass is 16.5. The van der Waals surface area contributed by atoms with Gasteiger partial charge in [-0.15, -0.1) is 0 Å². The molecule has 0 bridgehead atoms. The van der Waals surface area contributed by atoms with Gasteiger partial charge in [0.25, 0.3) is 0 Å². The fraction of sp³-hybridized carbons (Fsp3) is 0.836. The second-order valence-corrected chi connectivity index (χ2v) is 20.0. The number of nitrogens with one attached hydrogen (secondary N) is 1. The first-order valence-electron chi connectivity index (χ1n) is 29.4. The zero-order chi connectivity index (χ0) is 48.6. The maximum absolute atomic E-state index is 12.4. The number of hydrogen-bond acceptors (Lipinski definition) is 5. The Morgan fingerprint density at radius 3 is 1.16 bits per heavy atom. The zero-order valence-corrected chi connectivity index (χ0v) is 44.6. The Hall–Kier alpha value is -2.18. The van der Waals surface area contributed by atoms with Crippen LogP contribution < -0.4 is 5.32 Å². The van der Waals surface area contributed by atoms with E-state index in [2.05, 4.69) is 55.6 Å². The molecule has 0 aliphatic rings. The molecule has 0 fully saturated rings. The van der Waals surface area contributed by atoms with Crippen LogP contribution in [0.25, 0.3) is 0 Å². The minimum Gasteiger partial charge on any atom is -0.466 e. The van der Waals surface area contributed by atoms with Gasteiger partial charge in [0.05, 0.1) is 25.4 Å². The number of esters is 1. The molecule has 6 heteroatoms. The summed E-state index contributed by atoms with van der Waals surface area (Å²) in [4.78, 5) is 24.5. The van der Waals surface area contributed by atoms with Crippen molar-refractivity contribution in [3.63, 3.8) is 0 Å². The van der Waals surface area contributed by atoms with E-state index in [1.807, 2.05) is 6.08 Å². The monoisotopic (exact) mass is 940 g/mol. The van der Waals surface area contributed by atoms with Crippen molar-refractivity contribution in [3.8, 4) is 0 Å². The van der Waals surface area contributed by atoms with Crippen LogP contribution in [0.2, 0.25) is 0 Å². The molecule has 0 saturated carbocycles. The minimum absolute atomic E-state index is 0.00312. The Labute approximate surface area is 416 Å². The normalized spacial score (nSPS) is 13.0. The summed E-state index contributed by atoms with van der Waals surface area (Å²) in [5.41, 5.74) is 0. The van der Waals surface area contributed by atoms with Crippen LogP contribution in [0.4, 0.5) is 0 Å². The largest absolute Gasteiger partial charge is 0.466 e. The molecule has 0 rings (SSSR count). The second-order valence-electron chi connectivity index (χ2n) is 20.0. The molecule has 0 aromatic carbocycles. The highest BCUT2D eigenvalue weighted by molar-refractivity contribution is 5.76. The van der Waals surface area contributed by atoms with E-state index < -0.39 is 12.1 Å². The summed E-state index contributed by atoms with van der Waals surface area (Å²) in [5, 5.41) is 23.0. The molecule has 0 aromatic heterocycles. The summed E-state index contributed by atoms with van der Waals surface area (Å²) in [5.74, 6) is -0.0794. The number of aliphatic hydroxyl groups is 2. The molecule has 392 valence electrons. The number of aliphatic hydroxyl groups excluding tert-OH is 2. The minimum atomic E-state index is -0.847. The number of unbranched alkanes of at least 4 members (excludes halogenated alkanes) is 37. The van der Waals surface area contributed by atoms with Crippen LogP contribution in [-0.4, -0.2) is 47.4 Å². The molecule has 0 aliphatic heterocycles. The molecule has 2 unspecified atom stereocenters. The average Bonchev–Trinajstić information content (AvgIpc) is 3.33. The van der Waals surface area contributed by atoms with Crippen LogP contribution in [0.15, 0.2) is 48.6 Å². The molecule has 0 heterocycles. The molecule has 1 amide bonds. The van der Waals surface area contributed by atoms with Gasteiger partial charge in [-0.1, -0.05) is 249 Å². The summed E-state index contributed by atoms with van der Waals surface area (Å²) in [6, 6.07) is -0.632. The fourth-order valence-electron chi connectivity index (χ4n) is 8.78. The molecule has 0 spiro atoms. The standard InChI is InChI=1S/C61H113NO5/c1-3-5-7-9-11-13-15-16-17-28-31-35-39-43-47-51-55-61(66)67-56-52-48-44-40-36-32-29-26-24-22-20-18-19-21-23-25-27-30-34-38-42-46-50-54-60(65)62-58(57-63)59(64)53-49-45-41-37-33-14-12-10-8-6-4-2/h13,15,17,21,23,28,49,53,58-59,63-64H,3-12,14,16,18-20,22,24-27,29-48,50-52,54-57H2,1-2H3,(H,62,65)/b15-13-,23-21-,28-17-,53-49+. The van der Waals surface area contributed by atoms with Gasteiger partial charge in [0.15, 0.2) is 0 Å². The van der Waals surface area contributed by atoms with Crippen molar-refractivity contribution in [3.05, 3.63) is 48.6 Å². The Bertz CT molecular complexity index is 1130. The van der Waals surface area contributed by atoms with Crippen LogP contribution in [-0.2, 0) is 14.3 Å². The number of allylic oxidation sites excluding steroid dienone is 7. The summed E-state index contributed by atoms with van der Waals surface area (Å²) in [7, 11) is 0. The van der Waals surface area contributed by atoms with Crippen molar-refractivity contribution in [1.82, 2.24) is 5.32 Å². The van der Waals surface area contributed by atoms with Gasteiger partial charge in [-0.25, -0.2) is 0 Å². The van der Waals surface area contributed by atoms with Crippen molar-refractivity contribution < 1.29 is 24.5 Å². The van der Waals surface area contributed by atoms with E-state index in [4.69, 9.17) is 4.74 Å². The van der Waals surface area contributed by atoms with Gasteiger partial charge in [-0.2, -0.15) is 0 Å². The number of ether oxygens (including phenoxy) is 1. The maximum atomic E-state index is 12.4. The lowest BCUT2D eigenvalue weighted by Gasteiger charge is -2.20. The summed E-state index contributed by atoms with van der Waals surface area (Å²) < 4.78 is 5.48. The number of hydrogen-bond donors (Lipinski definition) is 3. The smallest absolute Gasteiger partial charge is 0.305 e. The van der Waals surface area contributed by atoms with Gasteiger partial charge in [0.1, 0.15) is 0 Å². The summed E-state index contributed by atoms with van der Waals surface area (Å²) in [6.07, 6.45) is 71.4. The van der Waals surface area contributed by atoms with E-state index in [-0.39, 0.29) is 18.5 Å². The van der Waals surface area contributed by atoms with Crippen molar-refractivity contribution in [2.75, 3.05) is 13.2 Å². The molecule has 0 aliphatic carbocycles. The van der Waals surface area contributed by atoms with Crippen LogP contribution in [0.1, 0.15) is 303 Å². The van der Waals surface area contributed by atoms with E-state index in [1.54, 1.807) is 6.08 Å². The Balaban J connectivity index is 3.42. The SMILES string of the molecule is CCCCCC/C=C\C/C=C\CCCCCCCC(=O)OCCCCCCCCCCCCCC/C=C\CCCCCCCCCC(=O)NC(CO)C(O)/C=C/CCCCCCCCCCC. The van der Waals surface area contributed by atoms with Crippen LogP contribution >= 0.6 is 0 Å². The molecule has 3 N–H and O–H groups in total. The van der Waals surface area contributed by atoms with Crippen molar-refractivity contribution in [2.45, 2.75) is 315 Å². The molecule has 0 aromatic rings. The molecule has 6 nitrogen and oxygen atoms in total. The lowest BCUT2D eigenvalue weighted by Crippen LogP contribution is -2.45.